The van der Waals surface area contributed by atoms with E-state index in [0.717, 1.165) is 51.1 Å². The lowest BCUT2D eigenvalue weighted by Crippen LogP contribution is -2.44. The number of hydrogen-bond acceptors (Lipinski definition) is 6. The lowest BCUT2D eigenvalue weighted by molar-refractivity contribution is 0.307. The van der Waals surface area contributed by atoms with Gasteiger partial charge in [-0.2, -0.15) is 4.98 Å². The molecule has 2 fully saturated rings. The van der Waals surface area contributed by atoms with Gasteiger partial charge in [0.15, 0.2) is 0 Å². The SMILES string of the molecule is CC1CNCC1c1nc(N2CCN(C)CC2)no1. The van der Waals surface area contributed by atoms with Crippen LogP contribution in [0, 0.1) is 5.92 Å². The van der Waals surface area contributed by atoms with Gasteiger partial charge in [0.05, 0.1) is 5.92 Å². The predicted octanol–water partition coefficient (Wildman–Crippen LogP) is 0.144. The first-order chi connectivity index (χ1) is 8.74. The van der Waals surface area contributed by atoms with Crippen molar-refractivity contribution in [3.05, 3.63) is 5.89 Å². The molecule has 1 aromatic heterocycles. The Kier molecular flexibility index (Phi) is 3.22. The molecule has 2 aliphatic rings. The minimum atomic E-state index is 0.374. The van der Waals surface area contributed by atoms with Gasteiger partial charge in [0, 0.05) is 32.7 Å². The fraction of sp³-hybridized carbons (Fsp3) is 0.833. The maximum absolute atomic E-state index is 5.44. The summed E-state index contributed by atoms with van der Waals surface area (Å²) in [7, 11) is 2.14. The molecule has 0 radical (unpaired) electrons. The van der Waals surface area contributed by atoms with Crippen LogP contribution in [0.4, 0.5) is 5.95 Å². The molecule has 0 saturated carbocycles. The van der Waals surface area contributed by atoms with Gasteiger partial charge in [0.25, 0.3) is 5.95 Å². The van der Waals surface area contributed by atoms with E-state index in [-0.39, 0.29) is 0 Å². The molecule has 0 amide bonds. The highest BCUT2D eigenvalue weighted by Gasteiger charge is 2.30. The van der Waals surface area contributed by atoms with E-state index in [0.29, 0.717) is 11.8 Å². The average Bonchev–Trinajstić information content (AvgIpc) is 2.98. The fourth-order valence-corrected chi connectivity index (χ4v) is 2.65. The molecule has 6 nitrogen and oxygen atoms in total. The van der Waals surface area contributed by atoms with Gasteiger partial charge in [-0.25, -0.2) is 0 Å². The minimum Gasteiger partial charge on any atom is -0.337 e. The Morgan fingerprint density at radius 1 is 1.22 bits per heavy atom. The first-order valence-electron chi connectivity index (χ1n) is 6.72. The van der Waals surface area contributed by atoms with Crippen LogP contribution in [0.15, 0.2) is 4.52 Å². The minimum absolute atomic E-state index is 0.374. The van der Waals surface area contributed by atoms with E-state index < -0.39 is 0 Å². The molecule has 1 aromatic rings. The van der Waals surface area contributed by atoms with Crippen LogP contribution in [-0.2, 0) is 0 Å². The van der Waals surface area contributed by atoms with Crippen LogP contribution in [0.3, 0.4) is 0 Å². The smallest absolute Gasteiger partial charge is 0.266 e. The summed E-state index contributed by atoms with van der Waals surface area (Å²) in [6.07, 6.45) is 0. The van der Waals surface area contributed by atoms with Gasteiger partial charge in [-0.15, -0.1) is 0 Å². The number of rotatable bonds is 2. The summed E-state index contributed by atoms with van der Waals surface area (Å²) in [6, 6.07) is 0. The molecule has 0 spiro atoms. The van der Waals surface area contributed by atoms with Crippen LogP contribution in [-0.4, -0.2) is 61.4 Å². The number of hydrogen-bond donors (Lipinski definition) is 1. The zero-order valence-electron chi connectivity index (χ0n) is 11.1. The number of likely N-dealkylation sites (N-methyl/N-ethyl adjacent to an activating group) is 1. The zero-order chi connectivity index (χ0) is 12.5. The summed E-state index contributed by atoms with van der Waals surface area (Å²) in [4.78, 5) is 9.11. The Balaban J connectivity index is 1.69. The van der Waals surface area contributed by atoms with E-state index >= 15 is 0 Å². The van der Waals surface area contributed by atoms with E-state index in [2.05, 4.69) is 39.2 Å². The van der Waals surface area contributed by atoms with Crippen LogP contribution in [0.2, 0.25) is 0 Å². The monoisotopic (exact) mass is 251 g/mol. The van der Waals surface area contributed by atoms with Gasteiger partial charge in [-0.3, -0.25) is 0 Å². The van der Waals surface area contributed by atoms with Gasteiger partial charge in [-0.1, -0.05) is 6.92 Å². The molecule has 2 unspecified atom stereocenters. The molecule has 2 atom stereocenters. The number of nitrogens with zero attached hydrogens (tertiary/aromatic N) is 4. The molecular weight excluding hydrogens is 230 g/mol. The highest BCUT2D eigenvalue weighted by atomic mass is 16.5. The summed E-state index contributed by atoms with van der Waals surface area (Å²) in [5, 5.41) is 7.50. The van der Waals surface area contributed by atoms with Crippen molar-refractivity contribution in [1.29, 1.82) is 0 Å². The molecule has 3 heterocycles. The molecule has 6 heteroatoms. The first kappa shape index (κ1) is 11.9. The van der Waals surface area contributed by atoms with Crippen molar-refractivity contribution < 1.29 is 4.52 Å². The van der Waals surface area contributed by atoms with E-state index in [1.165, 1.54) is 0 Å². The Bertz CT molecular complexity index is 399. The third-order valence-electron chi connectivity index (χ3n) is 4.05. The number of aromatic nitrogens is 2. The summed E-state index contributed by atoms with van der Waals surface area (Å²) >= 11 is 0. The number of anilines is 1. The van der Waals surface area contributed by atoms with Crippen LogP contribution >= 0.6 is 0 Å². The highest BCUT2D eigenvalue weighted by Crippen LogP contribution is 2.27. The summed E-state index contributed by atoms with van der Waals surface area (Å²) < 4.78 is 5.44. The van der Waals surface area contributed by atoms with Crippen molar-refractivity contribution in [3.63, 3.8) is 0 Å². The third kappa shape index (κ3) is 2.22. The van der Waals surface area contributed by atoms with Gasteiger partial charge in [-0.05, 0) is 24.7 Å². The summed E-state index contributed by atoms with van der Waals surface area (Å²) in [5.74, 6) is 2.50. The Labute approximate surface area is 107 Å². The van der Waals surface area contributed by atoms with Crippen molar-refractivity contribution in [2.24, 2.45) is 5.92 Å². The second-order valence-corrected chi connectivity index (χ2v) is 5.46. The van der Waals surface area contributed by atoms with E-state index in [9.17, 15) is 0 Å². The largest absolute Gasteiger partial charge is 0.337 e. The standard InChI is InChI=1S/C12H21N5O/c1-9-7-13-8-10(9)11-14-12(15-18-11)17-5-3-16(2)4-6-17/h9-10,13H,3-8H2,1-2H3. The Morgan fingerprint density at radius 2 is 2.00 bits per heavy atom. The molecule has 100 valence electrons. The second-order valence-electron chi connectivity index (χ2n) is 5.46. The molecule has 0 bridgehead atoms. The number of piperazine rings is 1. The van der Waals surface area contributed by atoms with Gasteiger partial charge in [0.1, 0.15) is 0 Å². The van der Waals surface area contributed by atoms with Crippen LogP contribution < -0.4 is 10.2 Å². The van der Waals surface area contributed by atoms with Crippen molar-refractivity contribution in [2.45, 2.75) is 12.8 Å². The third-order valence-corrected chi connectivity index (χ3v) is 4.05. The molecule has 2 saturated heterocycles. The van der Waals surface area contributed by atoms with E-state index in [1.54, 1.807) is 0 Å². The highest BCUT2D eigenvalue weighted by molar-refractivity contribution is 5.29. The molecule has 1 N–H and O–H groups in total. The Hall–Kier alpha value is -1.14. The average molecular weight is 251 g/mol. The molecule has 0 aromatic carbocycles. The summed E-state index contributed by atoms with van der Waals surface area (Å²) in [5.41, 5.74) is 0. The Morgan fingerprint density at radius 3 is 2.67 bits per heavy atom. The van der Waals surface area contributed by atoms with Crippen LogP contribution in [0.5, 0.6) is 0 Å². The maximum Gasteiger partial charge on any atom is 0.266 e. The quantitative estimate of drug-likeness (QED) is 0.807. The van der Waals surface area contributed by atoms with Gasteiger partial charge < -0.3 is 19.6 Å². The zero-order valence-corrected chi connectivity index (χ0v) is 11.1. The fourth-order valence-electron chi connectivity index (χ4n) is 2.65. The topological polar surface area (TPSA) is 57.4 Å². The molecule has 3 rings (SSSR count). The van der Waals surface area contributed by atoms with Crippen molar-refractivity contribution in [3.8, 4) is 0 Å². The first-order valence-corrected chi connectivity index (χ1v) is 6.72. The normalized spacial score (nSPS) is 30.0. The second kappa shape index (κ2) is 4.85. The van der Waals surface area contributed by atoms with Crippen LogP contribution in [0.25, 0.3) is 0 Å². The predicted molar refractivity (Wildman–Crippen MR) is 68.8 cm³/mol. The molecular formula is C12H21N5O. The molecule has 2 aliphatic heterocycles. The summed E-state index contributed by atoms with van der Waals surface area (Å²) in [6.45, 7) is 8.30. The van der Waals surface area contributed by atoms with Crippen molar-refractivity contribution >= 4 is 5.95 Å². The molecule has 0 aliphatic carbocycles. The van der Waals surface area contributed by atoms with Gasteiger partial charge >= 0.3 is 0 Å². The number of nitrogens with one attached hydrogen (secondary N) is 1. The van der Waals surface area contributed by atoms with Crippen LogP contribution in [0.1, 0.15) is 18.7 Å². The lowest BCUT2D eigenvalue weighted by atomic mass is 9.98. The lowest BCUT2D eigenvalue weighted by Gasteiger charge is -2.31. The van der Waals surface area contributed by atoms with Crippen molar-refractivity contribution in [2.75, 3.05) is 51.2 Å². The van der Waals surface area contributed by atoms with Crippen molar-refractivity contribution in [1.82, 2.24) is 20.4 Å². The maximum atomic E-state index is 5.44. The van der Waals surface area contributed by atoms with Gasteiger partial charge in [0.2, 0.25) is 5.89 Å². The molecule has 18 heavy (non-hydrogen) atoms. The van der Waals surface area contributed by atoms with E-state index in [4.69, 9.17) is 4.52 Å². The van der Waals surface area contributed by atoms with E-state index in [1.807, 2.05) is 0 Å².